The number of hydrogen-bond acceptors (Lipinski definition) is 5. The van der Waals surface area contributed by atoms with Gasteiger partial charge in [0.2, 0.25) is 0 Å². The summed E-state index contributed by atoms with van der Waals surface area (Å²) in [5, 5.41) is 0.823. The van der Waals surface area contributed by atoms with Crippen molar-refractivity contribution in [1.82, 2.24) is 15.0 Å². The van der Waals surface area contributed by atoms with E-state index in [0.29, 0.717) is 0 Å². The number of benzene rings is 2. The summed E-state index contributed by atoms with van der Waals surface area (Å²) >= 11 is 1.55. The molecule has 6 heteroatoms. The molecule has 2 heterocycles. The summed E-state index contributed by atoms with van der Waals surface area (Å²) in [7, 11) is 3.31. The normalized spacial score (nSPS) is 10.8. The van der Waals surface area contributed by atoms with Crippen LogP contribution in [0.3, 0.4) is 0 Å². The van der Waals surface area contributed by atoms with Gasteiger partial charge in [-0.1, -0.05) is 23.9 Å². The average molecular weight is 363 g/mol. The van der Waals surface area contributed by atoms with Crippen molar-refractivity contribution in [2.45, 2.75) is 10.1 Å². The van der Waals surface area contributed by atoms with E-state index in [9.17, 15) is 0 Å². The van der Waals surface area contributed by atoms with Gasteiger partial charge in [-0.05, 0) is 36.4 Å². The Balaban J connectivity index is 1.77. The van der Waals surface area contributed by atoms with Crippen LogP contribution in [0.1, 0.15) is 0 Å². The summed E-state index contributed by atoms with van der Waals surface area (Å²) < 4.78 is 10.7. The molecule has 2 aromatic carbocycles. The van der Waals surface area contributed by atoms with Gasteiger partial charge in [-0.15, -0.1) is 0 Å². The maximum atomic E-state index is 5.40. The largest absolute Gasteiger partial charge is 0.497 e. The Kier molecular flexibility index (Phi) is 4.50. The van der Waals surface area contributed by atoms with Gasteiger partial charge in [-0.3, -0.25) is 4.98 Å². The summed E-state index contributed by atoms with van der Waals surface area (Å²) in [4.78, 5) is 13.5. The number of hydrogen-bond donors (Lipinski definition) is 1. The van der Waals surface area contributed by atoms with Crippen molar-refractivity contribution >= 4 is 22.8 Å². The van der Waals surface area contributed by atoms with E-state index in [1.807, 2.05) is 54.6 Å². The first-order valence-corrected chi connectivity index (χ1v) is 8.89. The second kappa shape index (κ2) is 7.09. The molecule has 5 nitrogen and oxygen atoms in total. The van der Waals surface area contributed by atoms with Gasteiger partial charge in [-0.2, -0.15) is 0 Å². The molecule has 2 aromatic heterocycles. The van der Waals surface area contributed by atoms with Crippen LogP contribution in [0.4, 0.5) is 0 Å². The smallest absolute Gasteiger partial charge is 0.171 e. The minimum absolute atomic E-state index is 0.769. The van der Waals surface area contributed by atoms with Gasteiger partial charge in [0.1, 0.15) is 11.5 Å². The predicted octanol–water partition coefficient (Wildman–Crippen LogP) is 4.79. The van der Waals surface area contributed by atoms with Crippen molar-refractivity contribution in [3.05, 3.63) is 60.8 Å². The Morgan fingerprint density at radius 3 is 2.54 bits per heavy atom. The molecule has 0 saturated carbocycles. The van der Waals surface area contributed by atoms with Crippen LogP contribution in [0, 0.1) is 0 Å². The van der Waals surface area contributed by atoms with Crippen molar-refractivity contribution in [1.29, 1.82) is 0 Å². The summed E-state index contributed by atoms with van der Waals surface area (Å²) in [6.07, 6.45) is 1.74. The summed E-state index contributed by atoms with van der Waals surface area (Å²) in [5.74, 6) is 1.56. The average Bonchev–Trinajstić information content (AvgIpc) is 3.10. The maximum Gasteiger partial charge on any atom is 0.171 e. The fourth-order valence-corrected chi connectivity index (χ4v) is 3.66. The number of H-pyrrole nitrogens is 1. The van der Waals surface area contributed by atoms with Gasteiger partial charge in [-0.25, -0.2) is 4.98 Å². The van der Waals surface area contributed by atoms with Crippen molar-refractivity contribution in [3.63, 3.8) is 0 Å². The Hall–Kier alpha value is -2.99. The van der Waals surface area contributed by atoms with Gasteiger partial charge < -0.3 is 14.5 Å². The van der Waals surface area contributed by atoms with Crippen LogP contribution < -0.4 is 9.47 Å². The van der Waals surface area contributed by atoms with E-state index < -0.39 is 0 Å². The van der Waals surface area contributed by atoms with Crippen LogP contribution in [-0.4, -0.2) is 29.2 Å². The minimum atomic E-state index is 0.769. The Morgan fingerprint density at radius 1 is 0.923 bits per heavy atom. The van der Waals surface area contributed by atoms with Crippen LogP contribution in [0.15, 0.2) is 70.8 Å². The summed E-state index contributed by atoms with van der Waals surface area (Å²) in [6.45, 7) is 0. The Morgan fingerprint density at radius 2 is 1.73 bits per heavy atom. The van der Waals surface area contributed by atoms with Crippen molar-refractivity contribution in [3.8, 4) is 22.8 Å². The number of nitrogens with one attached hydrogen (secondary N) is 1. The number of imidazole rings is 1. The van der Waals surface area contributed by atoms with E-state index in [1.54, 1.807) is 32.2 Å². The summed E-state index contributed by atoms with van der Waals surface area (Å²) in [5.41, 5.74) is 3.79. The zero-order valence-corrected chi connectivity index (χ0v) is 15.2. The van der Waals surface area contributed by atoms with E-state index in [2.05, 4.69) is 15.0 Å². The first kappa shape index (κ1) is 16.5. The van der Waals surface area contributed by atoms with E-state index in [1.165, 1.54) is 0 Å². The van der Waals surface area contributed by atoms with Crippen LogP contribution in [0.2, 0.25) is 0 Å². The monoisotopic (exact) mass is 363 g/mol. The van der Waals surface area contributed by atoms with Crippen LogP contribution in [0.5, 0.6) is 11.5 Å². The first-order valence-electron chi connectivity index (χ1n) is 8.08. The highest BCUT2D eigenvalue weighted by atomic mass is 32.2. The fourth-order valence-electron chi connectivity index (χ4n) is 2.69. The van der Waals surface area contributed by atoms with Gasteiger partial charge in [0, 0.05) is 22.7 Å². The number of ether oxygens (including phenoxy) is 2. The third kappa shape index (κ3) is 3.23. The molecule has 0 aliphatic carbocycles. The summed E-state index contributed by atoms with van der Waals surface area (Å²) in [6, 6.07) is 17.7. The standard InChI is InChI=1S/C20H17N3O2S/c1-24-13-7-8-15(18-11-14(25-2)9-10-21-18)19(12-13)26-20-22-16-5-3-4-6-17(16)23-20/h3-12H,1-2H3,(H,22,23). The quantitative estimate of drug-likeness (QED) is 0.552. The lowest BCUT2D eigenvalue weighted by Gasteiger charge is -2.10. The number of aromatic amines is 1. The highest BCUT2D eigenvalue weighted by Crippen LogP contribution is 2.37. The third-order valence-corrected chi connectivity index (χ3v) is 4.95. The number of pyridine rings is 1. The van der Waals surface area contributed by atoms with Gasteiger partial charge >= 0.3 is 0 Å². The Labute approximate surface area is 155 Å². The number of rotatable bonds is 5. The SMILES string of the molecule is COc1ccnc(-c2ccc(OC)cc2Sc2nc3ccccc3[nH]2)c1. The molecule has 0 atom stereocenters. The molecule has 0 amide bonds. The highest BCUT2D eigenvalue weighted by molar-refractivity contribution is 7.99. The topological polar surface area (TPSA) is 60.0 Å². The van der Waals surface area contributed by atoms with Crippen molar-refractivity contribution in [2.75, 3.05) is 14.2 Å². The third-order valence-electron chi connectivity index (χ3n) is 4.01. The molecule has 26 heavy (non-hydrogen) atoms. The van der Waals surface area contributed by atoms with Gasteiger partial charge in [0.15, 0.2) is 5.16 Å². The zero-order valence-electron chi connectivity index (χ0n) is 14.4. The highest BCUT2D eigenvalue weighted by Gasteiger charge is 2.13. The first-order chi connectivity index (χ1) is 12.8. The molecular formula is C20H17N3O2S. The zero-order chi connectivity index (χ0) is 17.9. The molecule has 0 unspecified atom stereocenters. The second-order valence-electron chi connectivity index (χ2n) is 5.60. The second-order valence-corrected chi connectivity index (χ2v) is 6.63. The van der Waals surface area contributed by atoms with Crippen LogP contribution in [0.25, 0.3) is 22.3 Å². The molecule has 4 aromatic rings. The minimum Gasteiger partial charge on any atom is -0.497 e. The van der Waals surface area contributed by atoms with Crippen LogP contribution >= 0.6 is 11.8 Å². The lowest BCUT2D eigenvalue weighted by Crippen LogP contribution is -1.91. The van der Waals surface area contributed by atoms with Gasteiger partial charge in [0.05, 0.1) is 30.9 Å². The number of fused-ring (bicyclic) bond motifs is 1. The lowest BCUT2D eigenvalue weighted by atomic mass is 10.1. The molecule has 0 fully saturated rings. The molecule has 4 rings (SSSR count). The number of methoxy groups -OCH3 is 2. The fraction of sp³-hybridized carbons (Fsp3) is 0.100. The molecule has 0 spiro atoms. The molecule has 0 radical (unpaired) electrons. The van der Waals surface area contributed by atoms with Gasteiger partial charge in [0.25, 0.3) is 0 Å². The molecule has 0 saturated heterocycles. The van der Waals surface area contributed by atoms with Crippen molar-refractivity contribution < 1.29 is 9.47 Å². The van der Waals surface area contributed by atoms with E-state index in [4.69, 9.17) is 9.47 Å². The molecule has 0 aliphatic heterocycles. The number of aromatic nitrogens is 3. The van der Waals surface area contributed by atoms with E-state index >= 15 is 0 Å². The van der Waals surface area contributed by atoms with Crippen molar-refractivity contribution in [2.24, 2.45) is 0 Å². The molecule has 1 N–H and O–H groups in total. The molecular weight excluding hydrogens is 346 g/mol. The molecule has 0 aliphatic rings. The molecule has 0 bridgehead atoms. The lowest BCUT2D eigenvalue weighted by molar-refractivity contribution is 0.413. The Bertz CT molecular complexity index is 1030. The number of para-hydroxylation sites is 2. The van der Waals surface area contributed by atoms with Crippen LogP contribution in [-0.2, 0) is 0 Å². The maximum absolute atomic E-state index is 5.40. The van der Waals surface area contributed by atoms with E-state index in [-0.39, 0.29) is 0 Å². The molecule has 130 valence electrons. The predicted molar refractivity (Wildman–Crippen MR) is 103 cm³/mol. The number of nitrogens with zero attached hydrogens (tertiary/aromatic N) is 2. The van der Waals surface area contributed by atoms with E-state index in [0.717, 1.165) is 43.8 Å².